The van der Waals surface area contributed by atoms with E-state index in [0.717, 1.165) is 47.6 Å². The van der Waals surface area contributed by atoms with Crippen LogP contribution in [0.4, 0.5) is 0 Å². The minimum absolute atomic E-state index is 0.209. The van der Waals surface area contributed by atoms with Gasteiger partial charge in [-0.25, -0.2) is 9.59 Å². The van der Waals surface area contributed by atoms with E-state index in [1.165, 1.54) is 0 Å². The van der Waals surface area contributed by atoms with Gasteiger partial charge >= 0.3 is 11.9 Å². The molecular weight excluding hydrogens is 684 g/mol. The molecule has 0 aliphatic rings. The molecule has 210 valence electrons. The van der Waals surface area contributed by atoms with Crippen LogP contribution in [-0.2, 0) is 16.0 Å². The maximum atomic E-state index is 12.1. The number of hydrogen-bond donors (Lipinski definition) is 2. The summed E-state index contributed by atoms with van der Waals surface area (Å²) >= 11 is 8.85. The Labute approximate surface area is 261 Å². The highest BCUT2D eigenvalue weighted by Crippen LogP contribution is 2.51. The number of ether oxygens (including phenoxy) is 2. The summed E-state index contributed by atoms with van der Waals surface area (Å²) in [6, 6.07) is 29.0. The molecule has 0 bridgehead atoms. The van der Waals surface area contributed by atoms with E-state index in [9.17, 15) is 19.8 Å². The Kier molecular flexibility index (Phi) is 7.90. The highest BCUT2D eigenvalue weighted by molar-refractivity contribution is 9.11. The summed E-state index contributed by atoms with van der Waals surface area (Å²) < 4.78 is 15.1. The maximum Gasteiger partial charge on any atom is 0.345 e. The molecule has 0 amide bonds. The average Bonchev–Trinajstić information content (AvgIpc) is 3.36. The minimum atomic E-state index is -1.09. The summed E-state index contributed by atoms with van der Waals surface area (Å²) in [5, 5.41) is 23.0. The fraction of sp³-hybridized carbons (Fsp3) is 0.0909. The molecule has 1 heterocycles. The summed E-state index contributed by atoms with van der Waals surface area (Å²) in [5.74, 6) is -1.18. The van der Waals surface area contributed by atoms with Crippen molar-refractivity contribution in [2.24, 2.45) is 0 Å². The van der Waals surface area contributed by atoms with E-state index in [0.29, 0.717) is 20.4 Å². The first-order chi connectivity index (χ1) is 20.3. The monoisotopic (exact) mass is 704 g/mol. The number of thiophene rings is 1. The van der Waals surface area contributed by atoms with Gasteiger partial charge in [0, 0.05) is 27.3 Å². The molecule has 6 rings (SSSR count). The first-order valence-electron chi connectivity index (χ1n) is 12.9. The van der Waals surface area contributed by atoms with Gasteiger partial charge in [0.05, 0.1) is 13.6 Å². The van der Waals surface area contributed by atoms with Gasteiger partial charge in [-0.1, -0.05) is 72.8 Å². The predicted octanol–water partition coefficient (Wildman–Crippen LogP) is 8.94. The zero-order valence-corrected chi connectivity index (χ0v) is 25.8. The van der Waals surface area contributed by atoms with Crippen LogP contribution in [0.1, 0.15) is 5.56 Å². The molecular formula is C33H22Br2O6S. The van der Waals surface area contributed by atoms with Crippen LogP contribution < -0.4 is 9.47 Å². The highest BCUT2D eigenvalue weighted by Gasteiger charge is 2.25. The predicted molar refractivity (Wildman–Crippen MR) is 173 cm³/mol. The molecule has 0 aliphatic heterocycles. The van der Waals surface area contributed by atoms with Crippen LogP contribution in [0.3, 0.4) is 0 Å². The summed E-state index contributed by atoms with van der Waals surface area (Å²) in [5.41, 5.74) is 2.68. The molecule has 0 saturated heterocycles. The van der Waals surface area contributed by atoms with Crippen LogP contribution in [0.15, 0.2) is 99.9 Å². The number of carboxylic acids is 2. The van der Waals surface area contributed by atoms with Gasteiger partial charge in [0.25, 0.3) is 0 Å². The van der Waals surface area contributed by atoms with Crippen molar-refractivity contribution < 1.29 is 29.3 Å². The van der Waals surface area contributed by atoms with Gasteiger partial charge in [-0.15, -0.1) is 11.3 Å². The van der Waals surface area contributed by atoms with Crippen molar-refractivity contribution in [1.82, 2.24) is 0 Å². The Morgan fingerprint density at radius 1 is 0.786 bits per heavy atom. The van der Waals surface area contributed by atoms with Gasteiger partial charge in [-0.2, -0.15) is 0 Å². The van der Waals surface area contributed by atoms with Gasteiger partial charge < -0.3 is 19.7 Å². The molecule has 6 nitrogen and oxygen atoms in total. The number of fused-ring (bicyclic) bond motifs is 4. The molecule has 1 atom stereocenters. The quantitative estimate of drug-likeness (QED) is 0.156. The van der Waals surface area contributed by atoms with E-state index >= 15 is 0 Å². The van der Waals surface area contributed by atoms with Crippen molar-refractivity contribution in [3.05, 3.63) is 106 Å². The van der Waals surface area contributed by atoms with Gasteiger partial charge in [0.1, 0.15) is 11.5 Å². The number of halogens is 2. The van der Waals surface area contributed by atoms with Crippen LogP contribution in [0, 0.1) is 0 Å². The molecule has 1 unspecified atom stereocenters. The zero-order chi connectivity index (χ0) is 29.4. The SMILES string of the molecule is O=C(O)COc1c2ccccc2c(-c2cc(Br)c(OC(Cc3ccccc3)C(=O)O)c(Br)c2)c2c1sc1ccccc12. The Morgan fingerprint density at radius 2 is 1.40 bits per heavy atom. The van der Waals surface area contributed by atoms with Gasteiger partial charge in [-0.3, -0.25) is 0 Å². The van der Waals surface area contributed by atoms with Crippen molar-refractivity contribution in [2.45, 2.75) is 12.5 Å². The third-order valence-electron chi connectivity index (χ3n) is 6.92. The first kappa shape index (κ1) is 28.2. The van der Waals surface area contributed by atoms with E-state index < -0.39 is 24.6 Å². The minimum Gasteiger partial charge on any atom is -0.480 e. The highest BCUT2D eigenvalue weighted by atomic mass is 79.9. The van der Waals surface area contributed by atoms with Crippen LogP contribution >= 0.6 is 43.2 Å². The lowest BCUT2D eigenvalue weighted by Crippen LogP contribution is -2.29. The first-order valence-corrected chi connectivity index (χ1v) is 15.4. The van der Waals surface area contributed by atoms with E-state index in [1.54, 1.807) is 11.3 Å². The summed E-state index contributed by atoms with van der Waals surface area (Å²) in [7, 11) is 0. The van der Waals surface area contributed by atoms with Gasteiger partial charge in [0.15, 0.2) is 12.7 Å². The normalized spacial score (nSPS) is 12.0. The fourth-order valence-corrected chi connectivity index (χ4v) is 7.75. The molecule has 9 heteroatoms. The Balaban J connectivity index is 1.53. The van der Waals surface area contributed by atoms with Crippen LogP contribution in [0.2, 0.25) is 0 Å². The third kappa shape index (κ3) is 5.35. The molecule has 6 aromatic rings. The maximum absolute atomic E-state index is 12.1. The van der Waals surface area contributed by atoms with Gasteiger partial charge in [0.2, 0.25) is 0 Å². The van der Waals surface area contributed by atoms with Crippen LogP contribution in [0.25, 0.3) is 42.1 Å². The van der Waals surface area contributed by atoms with E-state index in [1.807, 2.05) is 84.9 Å². The van der Waals surface area contributed by atoms with Crippen molar-refractivity contribution in [3.8, 4) is 22.6 Å². The smallest absolute Gasteiger partial charge is 0.345 e. The Hall–Kier alpha value is -3.92. The lowest BCUT2D eigenvalue weighted by atomic mass is 9.92. The molecule has 0 aliphatic carbocycles. The second-order valence-corrected chi connectivity index (χ2v) is 12.4. The van der Waals surface area contributed by atoms with E-state index in [4.69, 9.17) is 9.47 Å². The average molecular weight is 706 g/mol. The second-order valence-electron chi connectivity index (χ2n) is 9.64. The zero-order valence-electron chi connectivity index (χ0n) is 21.8. The Bertz CT molecular complexity index is 1960. The molecule has 42 heavy (non-hydrogen) atoms. The third-order valence-corrected chi connectivity index (χ3v) is 9.27. The van der Waals surface area contributed by atoms with Crippen molar-refractivity contribution in [1.29, 1.82) is 0 Å². The number of hydrogen-bond acceptors (Lipinski definition) is 5. The number of carboxylic acid groups (broad SMARTS) is 2. The molecule has 0 radical (unpaired) electrons. The van der Waals surface area contributed by atoms with E-state index in [-0.39, 0.29) is 6.42 Å². The standard InChI is InChI=1S/C33H22Br2O6S/c34-23-15-19(16-24(35)31(23)41-25(33(38)39)14-18-8-2-1-3-9-18)28-20-10-4-5-11-21(20)30(40-17-27(36)37)32-29(28)22-12-6-7-13-26(22)42-32/h1-13,15-16,25H,14,17H2,(H,36,37)(H,38,39). The summed E-state index contributed by atoms with van der Waals surface area (Å²) in [6.45, 7) is -0.455. The fourth-order valence-electron chi connectivity index (χ4n) is 5.15. The largest absolute Gasteiger partial charge is 0.480 e. The Morgan fingerprint density at radius 3 is 2.07 bits per heavy atom. The van der Waals surface area contributed by atoms with Gasteiger partial charge in [-0.05, 0) is 72.1 Å². The number of carbonyl (C=O) groups is 2. The summed E-state index contributed by atoms with van der Waals surface area (Å²) in [4.78, 5) is 23.6. The number of benzene rings is 5. The molecule has 0 fully saturated rings. The lowest BCUT2D eigenvalue weighted by Gasteiger charge is -2.20. The summed E-state index contributed by atoms with van der Waals surface area (Å²) in [6.07, 6.45) is -0.884. The topological polar surface area (TPSA) is 93.1 Å². The van der Waals surface area contributed by atoms with Crippen molar-refractivity contribution in [3.63, 3.8) is 0 Å². The van der Waals surface area contributed by atoms with Crippen molar-refractivity contribution >= 4 is 86.1 Å². The molecule has 1 aromatic heterocycles. The number of rotatable bonds is 9. The second kappa shape index (κ2) is 11.8. The molecule has 5 aromatic carbocycles. The van der Waals surface area contributed by atoms with E-state index in [2.05, 4.69) is 37.9 Å². The molecule has 2 N–H and O–H groups in total. The number of aliphatic carboxylic acids is 2. The van der Waals surface area contributed by atoms with Crippen LogP contribution in [0.5, 0.6) is 11.5 Å². The lowest BCUT2D eigenvalue weighted by molar-refractivity contribution is -0.145. The molecule has 0 saturated carbocycles. The molecule has 0 spiro atoms. The van der Waals surface area contributed by atoms with Crippen LogP contribution in [-0.4, -0.2) is 34.9 Å². The van der Waals surface area contributed by atoms with Crippen molar-refractivity contribution in [2.75, 3.05) is 6.61 Å².